The second kappa shape index (κ2) is 10.9. The van der Waals surface area contributed by atoms with E-state index in [1.807, 2.05) is 20.8 Å². The molecule has 3 rings (SSSR count). The molecule has 0 aliphatic carbocycles. The molecule has 0 N–H and O–H groups in total. The van der Waals surface area contributed by atoms with E-state index in [0.717, 1.165) is 12.8 Å². The van der Waals surface area contributed by atoms with Crippen LogP contribution in [0, 0.1) is 5.41 Å². The van der Waals surface area contributed by atoms with E-state index in [1.165, 1.54) is 34.9 Å². The molecule has 164 valence electrons. The number of carbonyl (C=O) groups excluding carboxylic acids is 1. The molecule has 0 aliphatic heterocycles. The minimum absolute atomic E-state index is 0.212. The van der Waals surface area contributed by atoms with Gasteiger partial charge in [-0.15, -0.1) is 0 Å². The molecule has 1 nitrogen and oxygen atoms in total. The molecule has 0 bridgehead atoms. The van der Waals surface area contributed by atoms with Crippen LogP contribution in [0.15, 0.2) is 91.0 Å². The van der Waals surface area contributed by atoms with E-state index in [2.05, 4.69) is 91.0 Å². The minimum atomic E-state index is -2.10. The van der Waals surface area contributed by atoms with Crippen LogP contribution in [-0.2, 0) is 4.79 Å². The van der Waals surface area contributed by atoms with Crippen LogP contribution in [0.25, 0.3) is 0 Å². The zero-order chi connectivity index (χ0) is 22.2. The van der Waals surface area contributed by atoms with E-state index in [0.29, 0.717) is 12.2 Å². The van der Waals surface area contributed by atoms with E-state index >= 15 is 0 Å². The van der Waals surface area contributed by atoms with E-state index in [4.69, 9.17) is 0 Å². The molecule has 31 heavy (non-hydrogen) atoms. The van der Waals surface area contributed by atoms with Crippen LogP contribution in [-0.4, -0.2) is 11.9 Å². The molecular weight excluding hydrogens is 395 g/mol. The number of ketones is 1. The molecule has 2 heteroatoms. The Kier molecular flexibility index (Phi) is 8.22. The van der Waals surface area contributed by atoms with Crippen LogP contribution in [0.3, 0.4) is 0 Å². The summed E-state index contributed by atoms with van der Waals surface area (Å²) in [4.78, 5) is 12.2. The molecule has 0 heterocycles. The summed E-state index contributed by atoms with van der Waals surface area (Å²) >= 11 is 0. The number of carbonyl (C=O) groups is 1. The van der Waals surface area contributed by atoms with Gasteiger partial charge in [0.25, 0.3) is 0 Å². The summed E-state index contributed by atoms with van der Waals surface area (Å²) in [7, 11) is -2.10. The second-order valence-electron chi connectivity index (χ2n) is 9.59. The predicted molar refractivity (Wildman–Crippen MR) is 139 cm³/mol. The number of hydrogen-bond acceptors (Lipinski definition) is 1. The summed E-state index contributed by atoms with van der Waals surface area (Å²) < 4.78 is 0. The molecule has 3 aromatic rings. The first-order valence-electron chi connectivity index (χ1n) is 11.6. The molecule has 0 saturated heterocycles. The fourth-order valence-electron chi connectivity index (χ4n) is 4.51. The van der Waals surface area contributed by atoms with Crippen molar-refractivity contribution in [3.8, 4) is 0 Å². The first-order valence-corrected chi connectivity index (χ1v) is 13.9. The fraction of sp³-hybridized carbons (Fsp3) is 0.345. The molecule has 0 fully saturated rings. The molecule has 0 atom stereocenters. The molecule has 0 saturated carbocycles. The van der Waals surface area contributed by atoms with Gasteiger partial charge in [-0.05, 0) is 0 Å². The molecular formula is C29H37OP. The van der Waals surface area contributed by atoms with E-state index in [9.17, 15) is 4.79 Å². The quantitative estimate of drug-likeness (QED) is 0.272. The van der Waals surface area contributed by atoms with Crippen molar-refractivity contribution in [3.63, 3.8) is 0 Å². The third-order valence-electron chi connectivity index (χ3n) is 6.34. The topological polar surface area (TPSA) is 17.1 Å². The van der Waals surface area contributed by atoms with Crippen LogP contribution >= 0.6 is 7.26 Å². The van der Waals surface area contributed by atoms with Crippen LogP contribution in [0.1, 0.15) is 52.9 Å². The molecule has 0 radical (unpaired) electrons. The van der Waals surface area contributed by atoms with Crippen molar-refractivity contribution < 1.29 is 4.79 Å². The Balaban J connectivity index is 1.81. The van der Waals surface area contributed by atoms with Crippen LogP contribution in [0.4, 0.5) is 0 Å². The molecule has 0 amide bonds. The standard InChI is InChI=1S/C29H37OP/c1-29(2,3)28(30)23-15-4-5-16-24-31(25-17-9-6-10-18-25,26-19-11-7-12-20-26)27-21-13-8-14-22-27/h6-14,17-22,31H,4-5,15-16,23-24H2,1-3H3. The summed E-state index contributed by atoms with van der Waals surface area (Å²) in [6, 6.07) is 33.4. The Morgan fingerprint density at radius 1 is 0.613 bits per heavy atom. The van der Waals surface area contributed by atoms with Gasteiger partial charge >= 0.3 is 189 Å². The Bertz CT molecular complexity index is 830. The van der Waals surface area contributed by atoms with Crippen molar-refractivity contribution >= 4 is 29.0 Å². The Hall–Kier alpha value is -2.24. The summed E-state index contributed by atoms with van der Waals surface area (Å²) in [5.74, 6) is 0.383. The Morgan fingerprint density at radius 2 is 1.00 bits per heavy atom. The van der Waals surface area contributed by atoms with Crippen molar-refractivity contribution in [1.82, 2.24) is 0 Å². The first-order chi connectivity index (χ1) is 14.9. The van der Waals surface area contributed by atoms with Crippen LogP contribution < -0.4 is 15.9 Å². The van der Waals surface area contributed by atoms with Crippen molar-refractivity contribution in [3.05, 3.63) is 91.0 Å². The van der Waals surface area contributed by atoms with Crippen molar-refractivity contribution in [2.24, 2.45) is 5.41 Å². The first kappa shape index (κ1) is 23.4. The zero-order valence-corrected chi connectivity index (χ0v) is 20.3. The van der Waals surface area contributed by atoms with Gasteiger partial charge in [0.1, 0.15) is 0 Å². The molecule has 0 spiro atoms. The van der Waals surface area contributed by atoms with Crippen molar-refractivity contribution in [1.29, 1.82) is 0 Å². The number of benzene rings is 3. The average Bonchev–Trinajstić information content (AvgIpc) is 2.80. The van der Waals surface area contributed by atoms with Gasteiger partial charge in [-0.1, -0.05) is 0 Å². The Labute approximate surface area is 189 Å². The van der Waals surface area contributed by atoms with Gasteiger partial charge in [0.05, 0.1) is 0 Å². The maximum atomic E-state index is 12.2. The zero-order valence-electron chi connectivity index (χ0n) is 19.3. The third kappa shape index (κ3) is 5.92. The monoisotopic (exact) mass is 432 g/mol. The summed E-state index contributed by atoms with van der Waals surface area (Å²) in [6.07, 6.45) is 6.41. The normalized spacial score (nSPS) is 12.5. The van der Waals surface area contributed by atoms with Crippen LogP contribution in [0.2, 0.25) is 0 Å². The molecule has 0 aromatic heterocycles. The summed E-state index contributed by atoms with van der Waals surface area (Å²) in [5, 5.41) is 4.45. The third-order valence-corrected chi connectivity index (χ3v) is 11.4. The van der Waals surface area contributed by atoms with Crippen molar-refractivity contribution in [2.45, 2.75) is 52.9 Å². The second-order valence-corrected chi connectivity index (χ2v) is 13.6. The van der Waals surface area contributed by atoms with E-state index < -0.39 is 7.26 Å². The van der Waals surface area contributed by atoms with Crippen LogP contribution in [0.5, 0.6) is 0 Å². The number of hydrogen-bond donors (Lipinski definition) is 0. The predicted octanol–water partition coefficient (Wildman–Crippen LogP) is 6.28. The van der Waals surface area contributed by atoms with Gasteiger partial charge in [-0.2, -0.15) is 0 Å². The molecule has 0 aliphatic rings. The number of Topliss-reactive ketones (excluding diaryl/α,β-unsaturated/α-hetero) is 1. The van der Waals surface area contributed by atoms with Gasteiger partial charge in [0.15, 0.2) is 0 Å². The average molecular weight is 433 g/mol. The number of unbranched alkanes of at least 4 members (excludes halogenated alkanes) is 3. The summed E-state index contributed by atoms with van der Waals surface area (Å²) in [6.45, 7) is 6.07. The van der Waals surface area contributed by atoms with Gasteiger partial charge in [0.2, 0.25) is 0 Å². The van der Waals surface area contributed by atoms with E-state index in [1.54, 1.807) is 0 Å². The van der Waals surface area contributed by atoms with Crippen molar-refractivity contribution in [2.75, 3.05) is 6.16 Å². The maximum absolute atomic E-state index is 12.2. The van der Waals surface area contributed by atoms with Gasteiger partial charge in [0, 0.05) is 0 Å². The Morgan fingerprint density at radius 3 is 1.39 bits per heavy atom. The summed E-state index contributed by atoms with van der Waals surface area (Å²) in [5.41, 5.74) is -0.212. The van der Waals surface area contributed by atoms with Gasteiger partial charge in [-0.25, -0.2) is 0 Å². The molecule has 3 aromatic carbocycles. The molecule has 0 unspecified atom stereocenters. The van der Waals surface area contributed by atoms with E-state index in [-0.39, 0.29) is 5.41 Å². The van der Waals surface area contributed by atoms with Gasteiger partial charge < -0.3 is 0 Å². The van der Waals surface area contributed by atoms with Gasteiger partial charge in [-0.3, -0.25) is 0 Å². The number of rotatable bonds is 10. The SMILES string of the molecule is CC(C)(C)C(=O)CCCCCC[PH](c1ccccc1)(c1ccccc1)c1ccccc1. The fourth-order valence-corrected chi connectivity index (χ4v) is 9.44.